The fourth-order valence-corrected chi connectivity index (χ4v) is 2.72. The van der Waals surface area contributed by atoms with Gasteiger partial charge >= 0.3 is 0 Å². The molecule has 7 heteroatoms. The van der Waals surface area contributed by atoms with Gasteiger partial charge in [-0.05, 0) is 24.3 Å². The molecule has 2 heterocycles. The third kappa shape index (κ3) is 3.75. The Morgan fingerprint density at radius 3 is 2.65 bits per heavy atom. The highest BCUT2D eigenvalue weighted by Gasteiger charge is 2.13. The number of carbonyl (C=O) groups is 1. The van der Waals surface area contributed by atoms with Crippen molar-refractivity contribution in [1.82, 2.24) is 19.7 Å². The number of nitrogens with one attached hydrogen (secondary N) is 1. The summed E-state index contributed by atoms with van der Waals surface area (Å²) in [6, 6.07) is 15.0. The SMILES string of the molecule is Cn1c(SCC(=O)Nc2ccccc2)nnc1-c1ccccn1. The number of hydrogen-bond acceptors (Lipinski definition) is 5. The summed E-state index contributed by atoms with van der Waals surface area (Å²) in [5.41, 5.74) is 1.54. The van der Waals surface area contributed by atoms with Crippen LogP contribution in [-0.2, 0) is 11.8 Å². The lowest BCUT2D eigenvalue weighted by molar-refractivity contribution is -0.113. The van der Waals surface area contributed by atoms with Gasteiger partial charge in [-0.25, -0.2) is 0 Å². The molecule has 0 unspecified atom stereocenters. The van der Waals surface area contributed by atoms with E-state index in [1.54, 1.807) is 6.20 Å². The van der Waals surface area contributed by atoms with Crippen molar-refractivity contribution < 1.29 is 4.79 Å². The van der Waals surface area contributed by atoms with Crippen molar-refractivity contribution in [2.75, 3.05) is 11.1 Å². The first-order valence-corrected chi connectivity index (χ1v) is 8.01. The van der Waals surface area contributed by atoms with E-state index in [1.807, 2.05) is 60.1 Å². The van der Waals surface area contributed by atoms with Crippen LogP contribution in [0.2, 0.25) is 0 Å². The van der Waals surface area contributed by atoms with Crippen molar-refractivity contribution in [3.63, 3.8) is 0 Å². The molecule has 0 radical (unpaired) electrons. The van der Waals surface area contributed by atoms with Gasteiger partial charge in [0.15, 0.2) is 11.0 Å². The average Bonchev–Trinajstić information content (AvgIpc) is 2.95. The molecule has 0 spiro atoms. The van der Waals surface area contributed by atoms with E-state index >= 15 is 0 Å². The number of rotatable bonds is 5. The molecule has 0 saturated heterocycles. The molecule has 0 fully saturated rings. The van der Waals surface area contributed by atoms with E-state index in [1.165, 1.54) is 11.8 Å². The minimum absolute atomic E-state index is 0.0800. The van der Waals surface area contributed by atoms with E-state index in [-0.39, 0.29) is 11.7 Å². The molecule has 0 saturated carbocycles. The van der Waals surface area contributed by atoms with Crippen LogP contribution in [0, 0.1) is 0 Å². The molecular formula is C16H15N5OS. The fourth-order valence-electron chi connectivity index (χ4n) is 2.01. The quantitative estimate of drug-likeness (QED) is 0.730. The minimum Gasteiger partial charge on any atom is -0.325 e. The molecular weight excluding hydrogens is 310 g/mol. The monoisotopic (exact) mass is 325 g/mol. The second kappa shape index (κ2) is 7.06. The number of benzene rings is 1. The van der Waals surface area contributed by atoms with Gasteiger partial charge in [-0.3, -0.25) is 9.78 Å². The molecule has 0 aliphatic heterocycles. The normalized spacial score (nSPS) is 10.5. The molecule has 3 rings (SSSR count). The predicted molar refractivity (Wildman–Crippen MR) is 90.0 cm³/mol. The highest BCUT2D eigenvalue weighted by atomic mass is 32.2. The average molecular weight is 325 g/mol. The maximum atomic E-state index is 12.0. The zero-order chi connectivity index (χ0) is 16.1. The fraction of sp³-hybridized carbons (Fsp3) is 0.125. The van der Waals surface area contributed by atoms with Gasteiger partial charge in [0.05, 0.1) is 5.75 Å². The van der Waals surface area contributed by atoms with Crippen LogP contribution < -0.4 is 5.32 Å². The van der Waals surface area contributed by atoms with Crippen LogP contribution in [0.4, 0.5) is 5.69 Å². The Kier molecular flexibility index (Phi) is 4.68. The number of amides is 1. The van der Waals surface area contributed by atoms with Crippen LogP contribution in [0.5, 0.6) is 0 Å². The van der Waals surface area contributed by atoms with E-state index < -0.39 is 0 Å². The first-order valence-electron chi connectivity index (χ1n) is 7.02. The number of para-hydroxylation sites is 1. The summed E-state index contributed by atoms with van der Waals surface area (Å²) >= 11 is 1.34. The van der Waals surface area contributed by atoms with Gasteiger partial charge in [-0.1, -0.05) is 36.0 Å². The van der Waals surface area contributed by atoms with Gasteiger partial charge in [-0.2, -0.15) is 0 Å². The topological polar surface area (TPSA) is 72.7 Å². The van der Waals surface area contributed by atoms with Crippen LogP contribution in [0.3, 0.4) is 0 Å². The Morgan fingerprint density at radius 1 is 1.13 bits per heavy atom. The van der Waals surface area contributed by atoms with Crippen LogP contribution >= 0.6 is 11.8 Å². The molecule has 0 bridgehead atoms. The summed E-state index contributed by atoms with van der Waals surface area (Å²) in [7, 11) is 1.86. The number of carbonyl (C=O) groups excluding carboxylic acids is 1. The summed E-state index contributed by atoms with van der Waals surface area (Å²) in [6.45, 7) is 0. The van der Waals surface area contributed by atoms with Gasteiger partial charge in [-0.15, -0.1) is 10.2 Å². The number of anilines is 1. The predicted octanol–water partition coefficient (Wildman–Crippen LogP) is 2.61. The Labute approximate surface area is 138 Å². The largest absolute Gasteiger partial charge is 0.325 e. The molecule has 23 heavy (non-hydrogen) atoms. The van der Waals surface area contributed by atoms with E-state index in [0.29, 0.717) is 11.0 Å². The Bertz CT molecular complexity index is 789. The first kappa shape index (κ1) is 15.2. The molecule has 0 aliphatic rings. The highest BCUT2D eigenvalue weighted by Crippen LogP contribution is 2.21. The summed E-state index contributed by atoms with van der Waals surface area (Å²) in [6.07, 6.45) is 1.71. The van der Waals surface area contributed by atoms with Crippen molar-refractivity contribution in [2.45, 2.75) is 5.16 Å². The van der Waals surface area contributed by atoms with Gasteiger partial charge in [0.2, 0.25) is 5.91 Å². The molecule has 6 nitrogen and oxygen atoms in total. The second-order valence-electron chi connectivity index (χ2n) is 4.78. The third-order valence-corrected chi connectivity index (χ3v) is 4.14. The van der Waals surface area contributed by atoms with E-state index in [9.17, 15) is 4.79 Å². The molecule has 1 amide bonds. The lowest BCUT2D eigenvalue weighted by Crippen LogP contribution is -2.14. The first-order chi connectivity index (χ1) is 11.2. The van der Waals surface area contributed by atoms with Crippen LogP contribution in [0.1, 0.15) is 0 Å². The van der Waals surface area contributed by atoms with E-state index in [2.05, 4.69) is 20.5 Å². The van der Waals surface area contributed by atoms with Crippen LogP contribution in [-0.4, -0.2) is 31.4 Å². The molecule has 1 N–H and O–H groups in total. The lowest BCUT2D eigenvalue weighted by atomic mass is 10.3. The van der Waals surface area contributed by atoms with Crippen molar-refractivity contribution in [1.29, 1.82) is 0 Å². The van der Waals surface area contributed by atoms with E-state index in [4.69, 9.17) is 0 Å². The summed E-state index contributed by atoms with van der Waals surface area (Å²) < 4.78 is 1.84. The minimum atomic E-state index is -0.0800. The molecule has 1 aromatic carbocycles. The highest BCUT2D eigenvalue weighted by molar-refractivity contribution is 7.99. The van der Waals surface area contributed by atoms with Gasteiger partial charge in [0, 0.05) is 18.9 Å². The molecule has 3 aromatic rings. The second-order valence-corrected chi connectivity index (χ2v) is 5.73. The molecule has 116 valence electrons. The number of pyridine rings is 1. The van der Waals surface area contributed by atoms with Crippen LogP contribution in [0.25, 0.3) is 11.5 Å². The number of thioether (sulfide) groups is 1. The Hall–Kier alpha value is -2.67. The van der Waals surface area contributed by atoms with Crippen molar-refractivity contribution in [2.24, 2.45) is 7.05 Å². The summed E-state index contributed by atoms with van der Waals surface area (Å²) in [5.74, 6) is 0.864. The van der Waals surface area contributed by atoms with E-state index in [0.717, 1.165) is 11.4 Å². The number of nitrogens with zero attached hydrogens (tertiary/aromatic N) is 4. The van der Waals surface area contributed by atoms with Crippen molar-refractivity contribution in [3.05, 3.63) is 54.7 Å². The van der Waals surface area contributed by atoms with Gasteiger partial charge < -0.3 is 9.88 Å². The maximum absolute atomic E-state index is 12.0. The van der Waals surface area contributed by atoms with Crippen molar-refractivity contribution >= 4 is 23.4 Å². The summed E-state index contributed by atoms with van der Waals surface area (Å²) in [4.78, 5) is 16.2. The Morgan fingerprint density at radius 2 is 1.91 bits per heavy atom. The molecule has 0 aliphatic carbocycles. The number of hydrogen-bond donors (Lipinski definition) is 1. The van der Waals surface area contributed by atoms with Crippen LogP contribution in [0.15, 0.2) is 59.9 Å². The summed E-state index contributed by atoms with van der Waals surface area (Å²) in [5, 5.41) is 11.8. The molecule has 0 atom stereocenters. The standard InChI is InChI=1S/C16H15N5OS/c1-21-15(13-9-5-6-10-17-13)19-20-16(21)23-11-14(22)18-12-7-3-2-4-8-12/h2-10H,11H2,1H3,(H,18,22). The third-order valence-electron chi connectivity index (χ3n) is 3.12. The maximum Gasteiger partial charge on any atom is 0.234 e. The zero-order valence-electron chi connectivity index (χ0n) is 12.5. The molecule has 2 aromatic heterocycles. The van der Waals surface area contributed by atoms with Gasteiger partial charge in [0.1, 0.15) is 5.69 Å². The lowest BCUT2D eigenvalue weighted by Gasteiger charge is -2.05. The Balaban J connectivity index is 1.63. The van der Waals surface area contributed by atoms with Crippen molar-refractivity contribution in [3.8, 4) is 11.5 Å². The number of aromatic nitrogens is 4. The van der Waals surface area contributed by atoms with Gasteiger partial charge in [0.25, 0.3) is 0 Å². The zero-order valence-corrected chi connectivity index (χ0v) is 13.3. The smallest absolute Gasteiger partial charge is 0.234 e.